The molecule has 0 aliphatic carbocycles. The van der Waals surface area contributed by atoms with Crippen molar-refractivity contribution in [2.24, 2.45) is 0 Å². The number of hydrogen-bond acceptors (Lipinski definition) is 1. The van der Waals surface area contributed by atoms with Crippen LogP contribution in [0.15, 0.2) is 33.4 Å². The second-order valence-electron chi connectivity index (χ2n) is 3.01. The minimum Gasteiger partial charge on any atom is -0.463 e. The fourth-order valence-corrected chi connectivity index (χ4v) is 1.90. The van der Waals surface area contributed by atoms with E-state index in [2.05, 4.69) is 20.8 Å². The van der Waals surface area contributed by atoms with Gasteiger partial charge in [0.05, 0.1) is 10.7 Å². The summed E-state index contributed by atoms with van der Waals surface area (Å²) in [6.07, 6.45) is 2.49. The van der Waals surface area contributed by atoms with Gasteiger partial charge in [-0.15, -0.1) is 0 Å². The first-order valence-corrected chi connectivity index (χ1v) is 5.10. The summed E-state index contributed by atoms with van der Waals surface area (Å²) in [5, 5.41) is 1.10. The Kier molecular flexibility index (Phi) is 2.55. The van der Waals surface area contributed by atoms with Crippen molar-refractivity contribution < 1.29 is 4.42 Å². The van der Waals surface area contributed by atoms with Crippen LogP contribution in [0.3, 0.4) is 0 Å². The summed E-state index contributed by atoms with van der Waals surface area (Å²) in [6.45, 7) is 7.26. The molecule has 0 bridgehead atoms. The Balaban J connectivity index is 2.48. The van der Waals surface area contributed by atoms with Gasteiger partial charge in [0.15, 0.2) is 0 Å². The standard InChI is InChI=1S/C11H8BrNO/c1-13-6-5-8-7-14-11-9(8)3-2-4-10(11)12/h2-4,7H,5-6H2. The second-order valence-corrected chi connectivity index (χ2v) is 3.86. The van der Waals surface area contributed by atoms with Crippen LogP contribution in [-0.2, 0) is 6.42 Å². The Labute approximate surface area is 90.5 Å². The summed E-state index contributed by atoms with van der Waals surface area (Å²) in [6, 6.07) is 5.94. The number of fused-ring (bicyclic) bond motifs is 1. The zero-order valence-electron chi connectivity index (χ0n) is 7.46. The molecule has 2 nitrogen and oxygen atoms in total. The molecule has 0 saturated heterocycles. The highest BCUT2D eigenvalue weighted by Crippen LogP contribution is 2.28. The van der Waals surface area contributed by atoms with E-state index in [1.54, 1.807) is 6.26 Å². The van der Waals surface area contributed by atoms with Gasteiger partial charge in [0.1, 0.15) is 5.58 Å². The average Bonchev–Trinajstić information content (AvgIpc) is 2.60. The first kappa shape index (κ1) is 9.29. The number of hydrogen-bond donors (Lipinski definition) is 0. The molecule has 0 N–H and O–H groups in total. The van der Waals surface area contributed by atoms with Crippen molar-refractivity contribution >= 4 is 26.9 Å². The topological polar surface area (TPSA) is 17.5 Å². The highest BCUT2D eigenvalue weighted by Gasteiger charge is 2.08. The Morgan fingerprint density at radius 3 is 3.07 bits per heavy atom. The molecule has 0 radical (unpaired) electrons. The first-order chi connectivity index (χ1) is 6.83. The molecule has 0 unspecified atom stereocenters. The van der Waals surface area contributed by atoms with Crippen LogP contribution in [0.25, 0.3) is 15.8 Å². The SMILES string of the molecule is [C-]#[N+]CCc1coc2c(Br)cccc12. The maximum atomic E-state index is 6.74. The molecule has 0 fully saturated rings. The minimum absolute atomic E-state index is 0.515. The van der Waals surface area contributed by atoms with Crippen LogP contribution in [0.2, 0.25) is 0 Å². The normalized spacial score (nSPS) is 10.3. The van der Waals surface area contributed by atoms with E-state index in [-0.39, 0.29) is 0 Å². The fourth-order valence-electron chi connectivity index (χ4n) is 1.44. The molecule has 0 atom stereocenters. The lowest BCUT2D eigenvalue weighted by Crippen LogP contribution is -1.84. The number of rotatable bonds is 2. The van der Waals surface area contributed by atoms with Crippen LogP contribution in [0.4, 0.5) is 0 Å². The van der Waals surface area contributed by atoms with Crippen LogP contribution in [0.1, 0.15) is 5.56 Å². The lowest BCUT2D eigenvalue weighted by Gasteiger charge is -1.92. The number of furan rings is 1. The zero-order valence-corrected chi connectivity index (χ0v) is 9.04. The predicted octanol–water partition coefficient (Wildman–Crippen LogP) is 3.66. The van der Waals surface area contributed by atoms with Crippen molar-refractivity contribution in [1.29, 1.82) is 0 Å². The molecule has 0 aliphatic heterocycles. The van der Waals surface area contributed by atoms with E-state index in [4.69, 9.17) is 11.0 Å². The molecular weight excluding hydrogens is 242 g/mol. The van der Waals surface area contributed by atoms with Crippen molar-refractivity contribution in [1.82, 2.24) is 0 Å². The number of para-hydroxylation sites is 1. The van der Waals surface area contributed by atoms with Crippen LogP contribution >= 0.6 is 15.9 Å². The largest absolute Gasteiger partial charge is 0.463 e. The third-order valence-electron chi connectivity index (χ3n) is 2.12. The molecule has 0 spiro atoms. The van der Waals surface area contributed by atoms with Gasteiger partial charge in [0.25, 0.3) is 0 Å². The Morgan fingerprint density at radius 2 is 2.29 bits per heavy atom. The van der Waals surface area contributed by atoms with Gasteiger partial charge in [-0.1, -0.05) is 12.1 Å². The molecule has 3 heteroatoms. The van der Waals surface area contributed by atoms with Crippen molar-refractivity contribution in [3.63, 3.8) is 0 Å². The van der Waals surface area contributed by atoms with Crippen molar-refractivity contribution in [2.75, 3.05) is 6.54 Å². The first-order valence-electron chi connectivity index (χ1n) is 4.30. The van der Waals surface area contributed by atoms with Gasteiger partial charge < -0.3 is 9.26 Å². The molecule has 70 valence electrons. The van der Waals surface area contributed by atoms with Gasteiger partial charge in [-0.25, -0.2) is 6.57 Å². The molecule has 0 saturated carbocycles. The van der Waals surface area contributed by atoms with Crippen LogP contribution in [-0.4, -0.2) is 6.54 Å². The van der Waals surface area contributed by atoms with E-state index < -0.39 is 0 Å². The molecular formula is C11H8BrNO. The van der Waals surface area contributed by atoms with Crippen molar-refractivity contribution in [3.8, 4) is 0 Å². The summed E-state index contributed by atoms with van der Waals surface area (Å²) >= 11 is 3.42. The highest BCUT2D eigenvalue weighted by atomic mass is 79.9. The van der Waals surface area contributed by atoms with Gasteiger partial charge in [0.2, 0.25) is 6.54 Å². The van der Waals surface area contributed by atoms with Crippen LogP contribution in [0.5, 0.6) is 0 Å². The van der Waals surface area contributed by atoms with Gasteiger partial charge >= 0.3 is 0 Å². The fraction of sp³-hybridized carbons (Fsp3) is 0.182. The second kappa shape index (κ2) is 3.85. The molecule has 1 aromatic heterocycles. The summed E-state index contributed by atoms with van der Waals surface area (Å²) in [5.41, 5.74) is 1.98. The molecule has 14 heavy (non-hydrogen) atoms. The lowest BCUT2D eigenvalue weighted by atomic mass is 10.1. The summed E-state index contributed by atoms with van der Waals surface area (Å²) in [5.74, 6) is 0. The third-order valence-corrected chi connectivity index (χ3v) is 2.75. The Hall–Kier alpha value is -1.27. The van der Waals surface area contributed by atoms with E-state index >= 15 is 0 Å². The minimum atomic E-state index is 0.515. The Morgan fingerprint density at radius 1 is 1.43 bits per heavy atom. The molecule has 0 amide bonds. The lowest BCUT2D eigenvalue weighted by molar-refractivity contribution is 0.609. The van der Waals surface area contributed by atoms with Crippen molar-refractivity contribution in [2.45, 2.75) is 6.42 Å². The van der Waals surface area contributed by atoms with E-state index in [0.717, 1.165) is 27.4 Å². The number of halogens is 1. The maximum Gasteiger partial charge on any atom is 0.218 e. The number of nitrogens with zero attached hydrogens (tertiary/aromatic N) is 1. The van der Waals surface area contributed by atoms with E-state index in [1.807, 2.05) is 18.2 Å². The van der Waals surface area contributed by atoms with Gasteiger partial charge in [0, 0.05) is 17.4 Å². The van der Waals surface area contributed by atoms with Crippen LogP contribution in [0, 0.1) is 6.57 Å². The van der Waals surface area contributed by atoms with E-state index in [9.17, 15) is 0 Å². The van der Waals surface area contributed by atoms with Gasteiger partial charge in [-0.05, 0) is 22.0 Å². The van der Waals surface area contributed by atoms with Crippen LogP contribution < -0.4 is 0 Å². The molecule has 0 aliphatic rings. The molecule has 2 aromatic rings. The van der Waals surface area contributed by atoms with Gasteiger partial charge in [-0.2, -0.15) is 0 Å². The van der Waals surface area contributed by atoms with E-state index in [0.29, 0.717) is 6.54 Å². The highest BCUT2D eigenvalue weighted by molar-refractivity contribution is 9.10. The quantitative estimate of drug-likeness (QED) is 0.743. The molecule has 1 heterocycles. The summed E-state index contributed by atoms with van der Waals surface area (Å²) in [7, 11) is 0. The maximum absolute atomic E-state index is 6.74. The third kappa shape index (κ3) is 1.53. The average molecular weight is 250 g/mol. The predicted molar refractivity (Wildman–Crippen MR) is 59.1 cm³/mol. The monoisotopic (exact) mass is 249 g/mol. The van der Waals surface area contributed by atoms with E-state index in [1.165, 1.54) is 0 Å². The molecule has 1 aromatic carbocycles. The smallest absolute Gasteiger partial charge is 0.218 e. The van der Waals surface area contributed by atoms with Crippen molar-refractivity contribution in [3.05, 3.63) is 45.9 Å². The molecule has 2 rings (SSSR count). The van der Waals surface area contributed by atoms with Gasteiger partial charge in [-0.3, -0.25) is 0 Å². The summed E-state index contributed by atoms with van der Waals surface area (Å²) < 4.78 is 6.39. The summed E-state index contributed by atoms with van der Waals surface area (Å²) in [4.78, 5) is 3.34. The zero-order chi connectivity index (χ0) is 9.97. The Bertz CT molecular complexity index is 495. The number of benzene rings is 1.